The Morgan fingerprint density at radius 1 is 0.429 bits per heavy atom. The number of likely N-dealkylation sites (N-methyl/N-ethyl adjacent to an activating group) is 1. The summed E-state index contributed by atoms with van der Waals surface area (Å²) >= 11 is 0. The van der Waals surface area contributed by atoms with Gasteiger partial charge >= 0.3 is 7.82 Å². The van der Waals surface area contributed by atoms with Gasteiger partial charge in [0.25, 0.3) is 0 Å². The Hall–Kier alpha value is -0.500. The third kappa shape index (κ3) is 55.3. The molecule has 0 aromatic carbocycles. The molecule has 0 radical (unpaired) electrons. The lowest BCUT2D eigenvalue weighted by atomic mass is 10.0. The Balaban J connectivity index is 3.83. The second kappa shape index (κ2) is 53.3. The van der Waals surface area contributed by atoms with Crippen molar-refractivity contribution in [3.63, 3.8) is 0 Å². The van der Waals surface area contributed by atoms with Gasteiger partial charge in [0.05, 0.1) is 39.9 Å². The van der Waals surface area contributed by atoms with Gasteiger partial charge in [-0.1, -0.05) is 316 Å². The van der Waals surface area contributed by atoms with E-state index in [1.165, 1.54) is 270 Å². The number of aliphatic hydroxyl groups is 1. The minimum atomic E-state index is -4.31. The highest BCUT2D eigenvalue weighted by molar-refractivity contribution is 7.47. The van der Waals surface area contributed by atoms with Crippen molar-refractivity contribution in [1.29, 1.82) is 0 Å². The predicted octanol–water partition coefficient (Wildman–Crippen LogP) is 19.2. The summed E-state index contributed by atoms with van der Waals surface area (Å²) in [6.45, 7) is 4.93. The highest BCUT2D eigenvalue weighted by atomic mass is 31.2. The number of rotatable bonds is 59. The standard InChI is InChI=1S/C61H125N2O6P/c1-6-8-10-12-14-16-18-20-21-22-23-24-25-26-27-28-29-30-31-32-33-34-35-36-37-38-39-40-41-42-43-45-47-49-51-53-55-61(65)62-59(58-69-70(66,67)68-57-56-63(3,4)5)60(64)54-52-50-48-46-44-19-17-15-13-11-9-7-2/h59-60,64H,6-58H2,1-5H3,(H-,62,65,66,67)/p+1/t59-,60+/m0/s1. The highest BCUT2D eigenvalue weighted by Crippen LogP contribution is 2.43. The first-order valence-corrected chi connectivity index (χ1v) is 32.9. The maximum atomic E-state index is 13.0. The summed E-state index contributed by atoms with van der Waals surface area (Å²) in [7, 11) is 1.64. The molecule has 9 heteroatoms. The maximum Gasteiger partial charge on any atom is 0.472 e. The van der Waals surface area contributed by atoms with Gasteiger partial charge in [0.15, 0.2) is 0 Å². The summed E-state index contributed by atoms with van der Waals surface area (Å²) in [6, 6.07) is -0.754. The molecule has 8 nitrogen and oxygen atoms in total. The molecule has 0 saturated heterocycles. The van der Waals surface area contributed by atoms with E-state index in [4.69, 9.17) is 9.05 Å². The molecule has 0 aromatic heterocycles. The molecule has 1 unspecified atom stereocenters. The van der Waals surface area contributed by atoms with E-state index in [1.54, 1.807) is 0 Å². The van der Waals surface area contributed by atoms with Gasteiger partial charge in [-0.15, -0.1) is 0 Å². The second-order valence-electron chi connectivity index (χ2n) is 23.2. The van der Waals surface area contributed by atoms with Crippen LogP contribution >= 0.6 is 7.82 Å². The van der Waals surface area contributed by atoms with Gasteiger partial charge in [0.2, 0.25) is 5.91 Å². The SMILES string of the molecule is CCCCCCCCCCCCCCCCCCCCCCCCCCCCCCCCCCCCCCC(=O)N[C@@H](COP(=O)(O)OCC[N+](C)(C)C)[C@H](O)CCCCCCCCCCCCCC. The number of aliphatic hydroxyl groups excluding tert-OH is 1. The molecule has 1 amide bonds. The van der Waals surface area contributed by atoms with Crippen LogP contribution in [0.4, 0.5) is 0 Å². The minimum absolute atomic E-state index is 0.0788. The van der Waals surface area contributed by atoms with Crippen molar-refractivity contribution in [2.24, 2.45) is 0 Å². The van der Waals surface area contributed by atoms with E-state index in [0.717, 1.165) is 38.5 Å². The summed E-state index contributed by atoms with van der Waals surface area (Å²) in [5, 5.41) is 14.0. The zero-order valence-corrected chi connectivity index (χ0v) is 48.9. The van der Waals surface area contributed by atoms with Gasteiger partial charge in [-0.3, -0.25) is 13.8 Å². The van der Waals surface area contributed by atoms with Crippen LogP contribution in [0.15, 0.2) is 0 Å². The number of nitrogens with zero attached hydrogens (tertiary/aromatic N) is 1. The van der Waals surface area contributed by atoms with Gasteiger partial charge < -0.3 is 19.8 Å². The van der Waals surface area contributed by atoms with E-state index in [0.29, 0.717) is 23.9 Å². The van der Waals surface area contributed by atoms with Crippen molar-refractivity contribution in [1.82, 2.24) is 5.32 Å². The summed E-state index contributed by atoms with van der Waals surface area (Å²) in [4.78, 5) is 23.3. The number of quaternary nitrogens is 1. The summed E-state index contributed by atoms with van der Waals surface area (Å²) in [5.74, 6) is -0.137. The van der Waals surface area contributed by atoms with E-state index in [2.05, 4.69) is 19.2 Å². The van der Waals surface area contributed by atoms with E-state index in [-0.39, 0.29) is 19.1 Å². The molecule has 0 bridgehead atoms. The molecule has 420 valence electrons. The number of unbranched alkanes of at least 4 members (excludes halogenated alkanes) is 46. The van der Waals surface area contributed by atoms with Crippen LogP contribution < -0.4 is 5.32 Å². The Bertz CT molecular complexity index is 1100. The zero-order chi connectivity index (χ0) is 51.3. The molecular formula is C61H126N2O6P+. The monoisotopic (exact) mass is 1010 g/mol. The van der Waals surface area contributed by atoms with Crippen LogP contribution in [0.2, 0.25) is 0 Å². The smallest absolute Gasteiger partial charge is 0.391 e. The number of carbonyl (C=O) groups excluding carboxylic acids is 1. The molecule has 0 rings (SSSR count). The first kappa shape index (κ1) is 69.5. The average molecular weight is 1010 g/mol. The molecule has 0 aliphatic heterocycles. The van der Waals surface area contributed by atoms with Crippen molar-refractivity contribution in [2.75, 3.05) is 40.9 Å². The lowest BCUT2D eigenvalue weighted by Gasteiger charge is -2.26. The van der Waals surface area contributed by atoms with Crippen LogP contribution in [0, 0.1) is 0 Å². The number of hydrogen-bond donors (Lipinski definition) is 3. The fourth-order valence-electron chi connectivity index (χ4n) is 9.93. The van der Waals surface area contributed by atoms with Crippen molar-refractivity contribution >= 4 is 13.7 Å². The number of phosphoric acid groups is 1. The largest absolute Gasteiger partial charge is 0.472 e. The lowest BCUT2D eigenvalue weighted by Crippen LogP contribution is -2.46. The van der Waals surface area contributed by atoms with Gasteiger partial charge in [-0.05, 0) is 12.8 Å². The molecule has 3 atom stereocenters. The summed E-state index contributed by atoms with van der Waals surface area (Å²) < 4.78 is 23.7. The molecule has 0 aliphatic carbocycles. The molecule has 0 spiro atoms. The van der Waals surface area contributed by atoms with Crippen LogP contribution in [0.5, 0.6) is 0 Å². The second-order valence-corrected chi connectivity index (χ2v) is 24.6. The fraction of sp³-hybridized carbons (Fsp3) is 0.984. The third-order valence-electron chi connectivity index (χ3n) is 14.9. The number of nitrogens with one attached hydrogen (secondary N) is 1. The lowest BCUT2D eigenvalue weighted by molar-refractivity contribution is -0.870. The predicted molar refractivity (Wildman–Crippen MR) is 305 cm³/mol. The first-order valence-electron chi connectivity index (χ1n) is 31.4. The molecule has 0 fully saturated rings. The van der Waals surface area contributed by atoms with Crippen LogP contribution in [0.1, 0.15) is 335 Å². The van der Waals surface area contributed by atoms with Crippen LogP contribution in [0.25, 0.3) is 0 Å². The third-order valence-corrected chi connectivity index (χ3v) is 15.8. The van der Waals surface area contributed by atoms with Gasteiger partial charge in [-0.2, -0.15) is 0 Å². The van der Waals surface area contributed by atoms with Crippen molar-refractivity contribution in [3.8, 4) is 0 Å². The van der Waals surface area contributed by atoms with Crippen LogP contribution in [0.3, 0.4) is 0 Å². The van der Waals surface area contributed by atoms with E-state index in [9.17, 15) is 19.4 Å². The van der Waals surface area contributed by atoms with Crippen LogP contribution in [-0.2, 0) is 18.4 Å². The van der Waals surface area contributed by atoms with E-state index < -0.39 is 20.0 Å². The first-order chi connectivity index (χ1) is 34.0. The number of phosphoric ester groups is 1. The van der Waals surface area contributed by atoms with Crippen molar-refractivity contribution < 1.29 is 32.9 Å². The topological polar surface area (TPSA) is 105 Å². The molecule has 0 heterocycles. The number of carbonyl (C=O) groups is 1. The Morgan fingerprint density at radius 2 is 0.686 bits per heavy atom. The molecule has 0 aliphatic rings. The maximum absolute atomic E-state index is 13.0. The molecule has 0 saturated carbocycles. The van der Waals surface area contributed by atoms with Gasteiger partial charge in [0.1, 0.15) is 13.2 Å². The van der Waals surface area contributed by atoms with Gasteiger partial charge in [0, 0.05) is 6.42 Å². The van der Waals surface area contributed by atoms with Crippen molar-refractivity contribution in [2.45, 2.75) is 347 Å². The number of hydrogen-bond acceptors (Lipinski definition) is 5. The average Bonchev–Trinajstić information content (AvgIpc) is 3.32. The minimum Gasteiger partial charge on any atom is -0.391 e. The molecule has 70 heavy (non-hydrogen) atoms. The zero-order valence-electron chi connectivity index (χ0n) is 48.1. The highest BCUT2D eigenvalue weighted by Gasteiger charge is 2.28. The Labute approximate surface area is 438 Å². The van der Waals surface area contributed by atoms with E-state index >= 15 is 0 Å². The molecule has 3 N–H and O–H groups in total. The Kier molecular flexibility index (Phi) is 52.9. The van der Waals surface area contributed by atoms with Crippen LogP contribution in [-0.4, -0.2) is 73.4 Å². The summed E-state index contributed by atoms with van der Waals surface area (Å²) in [5.41, 5.74) is 0. The van der Waals surface area contributed by atoms with E-state index in [1.807, 2.05) is 21.1 Å². The number of amides is 1. The van der Waals surface area contributed by atoms with Crippen molar-refractivity contribution in [3.05, 3.63) is 0 Å². The quantitative estimate of drug-likeness (QED) is 0.0318. The normalized spacial score (nSPS) is 13.8. The molecule has 0 aromatic rings. The summed E-state index contributed by atoms with van der Waals surface area (Å²) in [6.07, 6.45) is 64.9. The molecular weight excluding hydrogens is 888 g/mol. The van der Waals surface area contributed by atoms with Gasteiger partial charge in [-0.25, -0.2) is 4.57 Å². The fourth-order valence-corrected chi connectivity index (χ4v) is 10.7. The Morgan fingerprint density at radius 3 is 0.957 bits per heavy atom.